The lowest BCUT2D eigenvalue weighted by Crippen LogP contribution is -2.67. The molecule has 5 N–H and O–H groups in total. The first-order valence-corrected chi connectivity index (χ1v) is 46.2. The number of nitrogens with one attached hydrogen (secondary N) is 4. The molecule has 0 bridgehead atoms. The van der Waals surface area contributed by atoms with Crippen molar-refractivity contribution in [3.8, 4) is 0 Å². The molecule has 4 aliphatic heterocycles. The van der Waals surface area contributed by atoms with E-state index in [1.54, 1.807) is 17.3 Å². The summed E-state index contributed by atoms with van der Waals surface area (Å²) in [5.74, 6) is -12.9. The van der Waals surface area contributed by atoms with Gasteiger partial charge in [0, 0.05) is 162 Å². The van der Waals surface area contributed by atoms with E-state index in [1.165, 1.54) is 58.8 Å². The highest BCUT2D eigenvalue weighted by atomic mass is 17.2. The lowest BCUT2D eigenvalue weighted by molar-refractivity contribution is -0.322. The average Bonchev–Trinajstić information content (AvgIpc) is 1.34. The number of carbonyl (C=O) groups excluding carboxylic acids is 16. The SMILES string of the molecule is CC(=O)N[C@H]1[C@@H](OC(C)=O)[C@@H](OC(C)=O)[C@@H](COC(C)=O)O[C@H]1COOCCn1cc(CN(CCCC[C@@H](C(=O)O)N(Cc2cn(CCOOC[C@@H]3O[C@H](COC(C)=O)[C@H](OC(C)=O)[C@H](OC(C)=O)[C@@H]3NC(C)=O)nn2)Cc2cn(CCOOC[C@@H]3O[C@H](COC(C)=O)[C@H](OC(C)=O)[C@H](OC(C)=O)[C@@H]3NC(C)=O)nn2)Cc2cn(CCOOC[C@@H]3O[C@H](COC(C)=O)[C@H](OC(C)=O)[C@H](OC(C)=O)[C@@H]3NC(C)=O)nn2)nn1. The predicted molar refractivity (Wildman–Crippen MR) is 472 cm³/mol. The molecule has 0 aromatic carbocycles. The standard InChI is InChI=1S/C86H126N18O42/c1-45(105)87-74-66(143-70(37-123-49(5)109)78(135-53(9)113)82(74)139-57(13)117)41-131-127-25-21-101-33-61(91-95-101)29-99(30-62-34-102(96-92-62)22-26-128-132-42-67-75(88-46(2)106)83(140-58(14)118)79(136-54(10)114)71(144-67)38-124-50(6)110)20-18-17-19-65(86(121)122)100(31-63-35-103(97-93-63)23-27-129-133-43-68-76(89-47(3)107)84(141-59(15)119)80(137-55(11)115)72(145-68)39-125-51(7)111)32-64-36-104(98-94-64)24-28-130-134-44-69-77(90-48(4)108)85(142-60(16)120)81(138-56(12)116)73(146-69)40-126-52(8)112/h33-36,65-85H,17-32,37-44H2,1-16H3,(H,87,105)(H,88,106)(H,89,107)(H,90,108)(H,121,122)/t65-,66-,67-,68-,69-,70+,71+,72+,73+,74+,75+,76+,77+,78-,79-,80-,81-,82+,83+,84+,85+/m0/s1. The van der Waals surface area contributed by atoms with Crippen LogP contribution in [0.4, 0.5) is 0 Å². The Morgan fingerprint density at radius 1 is 0.301 bits per heavy atom. The van der Waals surface area contributed by atoms with E-state index in [0.717, 1.165) is 83.1 Å². The molecule has 8 rings (SSSR count). The van der Waals surface area contributed by atoms with Crippen molar-refractivity contribution in [1.82, 2.24) is 91.0 Å². The Balaban J connectivity index is 1.01. The van der Waals surface area contributed by atoms with E-state index < -0.39 is 282 Å². The summed E-state index contributed by atoms with van der Waals surface area (Å²) in [7, 11) is 0. The summed E-state index contributed by atoms with van der Waals surface area (Å²) in [6, 6.07) is -6.08. The summed E-state index contributed by atoms with van der Waals surface area (Å²) < 4.78 is 95.4. The third-order valence-electron chi connectivity index (χ3n) is 21.5. The second-order valence-corrected chi connectivity index (χ2v) is 33.8. The van der Waals surface area contributed by atoms with Gasteiger partial charge < -0.3 is 102 Å². The maximum atomic E-state index is 13.9. The number of ether oxygens (including phenoxy) is 16. The van der Waals surface area contributed by atoms with Crippen LogP contribution in [-0.2, 0) is 249 Å². The van der Waals surface area contributed by atoms with Crippen LogP contribution in [0.1, 0.15) is 153 Å². The van der Waals surface area contributed by atoms with Gasteiger partial charge >= 0.3 is 77.6 Å². The van der Waals surface area contributed by atoms with Crippen molar-refractivity contribution in [3.63, 3.8) is 0 Å². The highest BCUT2D eigenvalue weighted by molar-refractivity contribution is 5.77. The van der Waals surface area contributed by atoms with E-state index in [2.05, 4.69) is 62.5 Å². The van der Waals surface area contributed by atoms with Crippen LogP contribution in [0.5, 0.6) is 0 Å². The Hall–Kier alpha value is -13.0. The van der Waals surface area contributed by atoms with Gasteiger partial charge in [-0.15, -0.1) is 20.4 Å². The zero-order chi connectivity index (χ0) is 107. The third kappa shape index (κ3) is 40.4. The lowest BCUT2D eigenvalue weighted by atomic mass is 9.92. The number of rotatable bonds is 59. The van der Waals surface area contributed by atoms with Crippen molar-refractivity contribution < 1.29 is 202 Å². The van der Waals surface area contributed by atoms with Crippen LogP contribution in [0.3, 0.4) is 0 Å². The molecular weight excluding hydrogens is 1960 g/mol. The fourth-order valence-corrected chi connectivity index (χ4v) is 16.1. The maximum absolute atomic E-state index is 13.9. The third-order valence-corrected chi connectivity index (χ3v) is 21.5. The number of hydrogen-bond donors (Lipinski definition) is 5. The minimum atomic E-state index is -1.37. The fourth-order valence-electron chi connectivity index (χ4n) is 16.1. The number of nitrogens with zero attached hydrogens (tertiary/aromatic N) is 14. The van der Waals surface area contributed by atoms with Crippen molar-refractivity contribution >= 4 is 101 Å². The topological polar surface area (TPSA) is 709 Å². The number of esters is 12. The largest absolute Gasteiger partial charge is 0.480 e. The van der Waals surface area contributed by atoms with Crippen LogP contribution in [0.15, 0.2) is 24.8 Å². The second-order valence-electron chi connectivity index (χ2n) is 33.8. The summed E-state index contributed by atoms with van der Waals surface area (Å²) in [6.45, 7) is 13.7. The van der Waals surface area contributed by atoms with Crippen molar-refractivity contribution in [1.29, 1.82) is 0 Å². The molecule has 60 heteroatoms. The predicted octanol–water partition coefficient (Wildman–Crippen LogP) is -4.03. The van der Waals surface area contributed by atoms with Crippen LogP contribution in [0, 0.1) is 0 Å². The summed E-state index contributed by atoms with van der Waals surface area (Å²) in [4.78, 5) is 260. The molecule has 0 radical (unpaired) electrons. The molecule has 4 aliphatic rings. The van der Waals surface area contributed by atoms with Gasteiger partial charge in [0.2, 0.25) is 23.6 Å². The van der Waals surface area contributed by atoms with Gasteiger partial charge in [0.15, 0.2) is 48.8 Å². The van der Waals surface area contributed by atoms with Crippen LogP contribution >= 0.6 is 0 Å². The highest BCUT2D eigenvalue weighted by Crippen LogP contribution is 2.34. The lowest BCUT2D eigenvalue weighted by Gasteiger charge is -2.45. The molecule has 4 fully saturated rings. The summed E-state index contributed by atoms with van der Waals surface area (Å²) in [6.07, 6.45) is -13.7. The minimum absolute atomic E-state index is 0.0131. The Morgan fingerprint density at radius 2 is 0.527 bits per heavy atom. The summed E-state index contributed by atoms with van der Waals surface area (Å²) >= 11 is 0. The smallest absolute Gasteiger partial charge is 0.320 e. The van der Waals surface area contributed by atoms with Crippen molar-refractivity contribution in [2.45, 2.75) is 310 Å². The van der Waals surface area contributed by atoms with E-state index in [9.17, 15) is 86.6 Å². The van der Waals surface area contributed by atoms with Crippen LogP contribution < -0.4 is 21.3 Å². The molecular formula is C86H126N18O42. The molecule has 146 heavy (non-hydrogen) atoms. The van der Waals surface area contributed by atoms with E-state index >= 15 is 0 Å². The zero-order valence-corrected chi connectivity index (χ0v) is 83.4. The Kier molecular flexibility index (Phi) is 48.2. The second kappa shape index (κ2) is 59.6. The van der Waals surface area contributed by atoms with Crippen molar-refractivity contribution in [2.75, 3.05) is 85.8 Å². The number of hydrogen-bond acceptors (Lipinski definition) is 51. The van der Waals surface area contributed by atoms with E-state index in [4.69, 9.17) is 115 Å². The van der Waals surface area contributed by atoms with E-state index in [0.29, 0.717) is 17.8 Å². The van der Waals surface area contributed by atoms with E-state index in [-0.39, 0.29) is 110 Å². The van der Waals surface area contributed by atoms with Crippen molar-refractivity contribution in [2.24, 2.45) is 0 Å². The maximum Gasteiger partial charge on any atom is 0.320 e. The van der Waals surface area contributed by atoms with Crippen LogP contribution in [0.25, 0.3) is 0 Å². The first-order valence-electron chi connectivity index (χ1n) is 46.2. The first-order chi connectivity index (χ1) is 69.3. The highest BCUT2D eigenvalue weighted by Gasteiger charge is 2.56. The van der Waals surface area contributed by atoms with Gasteiger partial charge in [-0.1, -0.05) is 27.3 Å². The number of carbonyl (C=O) groups is 17. The van der Waals surface area contributed by atoms with Gasteiger partial charge in [-0.05, 0) is 19.4 Å². The summed E-state index contributed by atoms with van der Waals surface area (Å²) in [5.41, 5.74) is 1.35. The minimum Gasteiger partial charge on any atom is -0.480 e. The Bertz CT molecular complexity index is 4710. The molecule has 4 amide bonds. The molecule has 4 aromatic heterocycles. The molecule has 0 unspecified atom stereocenters. The molecule has 0 spiro atoms. The number of unbranched alkanes of at least 4 members (excludes halogenated alkanes) is 1. The zero-order valence-electron chi connectivity index (χ0n) is 83.4. The molecule has 4 aromatic rings. The molecule has 0 saturated carbocycles. The number of aliphatic carboxylic acids is 1. The fraction of sp³-hybridized carbons (Fsp3) is 0.709. The van der Waals surface area contributed by atoms with Crippen LogP contribution in [0.2, 0.25) is 0 Å². The van der Waals surface area contributed by atoms with Gasteiger partial charge in [0.25, 0.3) is 0 Å². The number of carboxylic acid groups (broad SMARTS) is 1. The normalized spacial score (nSPS) is 24.0. The van der Waals surface area contributed by atoms with Gasteiger partial charge in [0.1, 0.15) is 134 Å². The van der Waals surface area contributed by atoms with Gasteiger partial charge in [-0.2, -0.15) is 0 Å². The van der Waals surface area contributed by atoms with E-state index in [1.807, 2.05) is 4.90 Å². The molecule has 8 heterocycles. The van der Waals surface area contributed by atoms with Gasteiger partial charge in [-0.25, -0.2) is 57.8 Å². The average molecular weight is 2080 g/mol. The number of carboxylic acids is 1. The number of aromatic nitrogens is 12. The molecule has 60 nitrogen and oxygen atoms in total. The Labute approximate surface area is 834 Å². The summed E-state index contributed by atoms with van der Waals surface area (Å²) in [5, 5.41) is 56.6. The molecule has 0 aliphatic carbocycles. The van der Waals surface area contributed by atoms with Crippen LogP contribution in [-0.4, -0.2) is 390 Å². The molecule has 21 atom stereocenters. The quantitative estimate of drug-likeness (QED) is 0.00924. The Morgan fingerprint density at radius 3 is 0.740 bits per heavy atom. The molecule has 4 saturated heterocycles. The molecule has 812 valence electrons. The van der Waals surface area contributed by atoms with Gasteiger partial charge in [-0.3, -0.25) is 91.3 Å². The monoisotopic (exact) mass is 2080 g/mol. The van der Waals surface area contributed by atoms with Crippen molar-refractivity contribution in [3.05, 3.63) is 47.6 Å². The first kappa shape index (κ1) is 118. The number of amides is 4. The van der Waals surface area contributed by atoms with Gasteiger partial charge in [0.05, 0.1) is 73.1 Å².